The predicted molar refractivity (Wildman–Crippen MR) is 77.2 cm³/mol. The molecule has 3 rings (SSSR count). The second-order valence-corrected chi connectivity index (χ2v) is 6.18. The summed E-state index contributed by atoms with van der Waals surface area (Å²) < 4.78 is 2.65. The maximum absolute atomic E-state index is 12.0. The number of hydrogen-bond donors (Lipinski definition) is 0. The molecule has 0 aromatic carbocycles. The van der Waals surface area contributed by atoms with Gasteiger partial charge in [0, 0.05) is 31.7 Å². The Morgan fingerprint density at radius 3 is 3.00 bits per heavy atom. The fourth-order valence-electron chi connectivity index (χ4n) is 2.16. The summed E-state index contributed by atoms with van der Waals surface area (Å²) in [6.45, 7) is 1.79. The SMILES string of the molecule is O=C(CSc1nc(Br)cn2ccnc12)N1CCCC1. The molecule has 0 N–H and O–H groups in total. The van der Waals surface area contributed by atoms with Crippen molar-refractivity contribution in [2.45, 2.75) is 17.9 Å². The van der Waals surface area contributed by atoms with Gasteiger partial charge in [-0.1, -0.05) is 11.8 Å². The van der Waals surface area contributed by atoms with E-state index in [0.717, 1.165) is 41.2 Å². The molecule has 0 atom stereocenters. The molecule has 0 radical (unpaired) electrons. The molecule has 1 saturated heterocycles. The first-order chi connectivity index (χ1) is 9.24. The number of halogens is 1. The zero-order valence-corrected chi connectivity index (χ0v) is 12.7. The molecule has 0 aliphatic carbocycles. The average Bonchev–Trinajstić information content (AvgIpc) is 3.05. The van der Waals surface area contributed by atoms with Crippen LogP contribution in [0, 0.1) is 0 Å². The summed E-state index contributed by atoms with van der Waals surface area (Å²) in [6, 6.07) is 0. The average molecular weight is 341 g/mol. The molecule has 0 bridgehead atoms. The third-order valence-electron chi connectivity index (χ3n) is 3.11. The van der Waals surface area contributed by atoms with Crippen molar-refractivity contribution in [1.29, 1.82) is 0 Å². The summed E-state index contributed by atoms with van der Waals surface area (Å²) in [6.07, 6.45) is 7.70. The van der Waals surface area contributed by atoms with Crippen molar-refractivity contribution in [3.05, 3.63) is 23.2 Å². The van der Waals surface area contributed by atoms with Gasteiger partial charge < -0.3 is 9.30 Å². The Kier molecular flexibility index (Phi) is 3.74. The highest BCUT2D eigenvalue weighted by atomic mass is 79.9. The van der Waals surface area contributed by atoms with Gasteiger partial charge in [-0.05, 0) is 28.8 Å². The number of imidazole rings is 1. The minimum atomic E-state index is 0.189. The Hall–Kier alpha value is -1.08. The zero-order chi connectivity index (χ0) is 13.2. The monoisotopic (exact) mass is 340 g/mol. The van der Waals surface area contributed by atoms with E-state index in [2.05, 4.69) is 25.9 Å². The number of thioether (sulfide) groups is 1. The Bertz CT molecular complexity index is 609. The van der Waals surface area contributed by atoms with Crippen LogP contribution in [0.3, 0.4) is 0 Å². The quantitative estimate of drug-likeness (QED) is 0.804. The van der Waals surface area contributed by atoms with Crippen LogP contribution >= 0.6 is 27.7 Å². The number of amides is 1. The molecule has 2 aromatic rings. The summed E-state index contributed by atoms with van der Waals surface area (Å²) in [5.41, 5.74) is 0.794. The first-order valence-corrected chi connectivity index (χ1v) is 7.92. The zero-order valence-electron chi connectivity index (χ0n) is 10.3. The molecule has 0 spiro atoms. The van der Waals surface area contributed by atoms with Gasteiger partial charge in [0.15, 0.2) is 5.65 Å². The minimum absolute atomic E-state index is 0.189. The fraction of sp³-hybridized carbons (Fsp3) is 0.417. The standard InChI is InChI=1S/C12H13BrN4OS/c13-9-7-17-6-3-14-11(17)12(15-9)19-8-10(18)16-4-1-2-5-16/h3,6-7H,1-2,4-5,8H2. The normalized spacial score (nSPS) is 15.3. The molecule has 7 heteroatoms. The lowest BCUT2D eigenvalue weighted by molar-refractivity contribution is -0.127. The van der Waals surface area contributed by atoms with E-state index in [4.69, 9.17) is 0 Å². The smallest absolute Gasteiger partial charge is 0.232 e. The van der Waals surface area contributed by atoms with Crippen molar-refractivity contribution in [1.82, 2.24) is 19.3 Å². The third kappa shape index (κ3) is 2.76. The number of hydrogen-bond acceptors (Lipinski definition) is 4. The molecular formula is C12H13BrN4OS. The van der Waals surface area contributed by atoms with Gasteiger partial charge in [0.25, 0.3) is 0 Å². The molecule has 2 aromatic heterocycles. The molecule has 3 heterocycles. The maximum Gasteiger partial charge on any atom is 0.232 e. The van der Waals surface area contributed by atoms with Gasteiger partial charge in [-0.2, -0.15) is 0 Å². The van der Waals surface area contributed by atoms with E-state index < -0.39 is 0 Å². The van der Waals surface area contributed by atoms with Crippen molar-refractivity contribution < 1.29 is 4.79 Å². The third-order valence-corrected chi connectivity index (χ3v) is 4.43. The molecular weight excluding hydrogens is 328 g/mol. The van der Waals surface area contributed by atoms with Crippen LogP contribution in [0.4, 0.5) is 0 Å². The van der Waals surface area contributed by atoms with Gasteiger partial charge in [-0.25, -0.2) is 9.97 Å². The molecule has 1 fully saturated rings. The number of aromatic nitrogens is 3. The van der Waals surface area contributed by atoms with E-state index >= 15 is 0 Å². The molecule has 1 aliphatic rings. The number of nitrogens with zero attached hydrogens (tertiary/aromatic N) is 4. The summed E-state index contributed by atoms with van der Waals surface area (Å²) in [7, 11) is 0. The highest BCUT2D eigenvalue weighted by Crippen LogP contribution is 2.23. The van der Waals surface area contributed by atoms with E-state index in [1.165, 1.54) is 11.8 Å². The van der Waals surface area contributed by atoms with Gasteiger partial charge in [-0.15, -0.1) is 0 Å². The van der Waals surface area contributed by atoms with Crippen LogP contribution in [-0.4, -0.2) is 44.0 Å². The Morgan fingerprint density at radius 2 is 2.21 bits per heavy atom. The second-order valence-electron chi connectivity index (χ2n) is 4.40. The van der Waals surface area contributed by atoms with Crippen LogP contribution in [0.1, 0.15) is 12.8 Å². The highest BCUT2D eigenvalue weighted by molar-refractivity contribution is 9.10. The Morgan fingerprint density at radius 1 is 1.42 bits per heavy atom. The Balaban J connectivity index is 1.74. The van der Waals surface area contributed by atoms with Crippen LogP contribution in [0.5, 0.6) is 0 Å². The van der Waals surface area contributed by atoms with Crippen LogP contribution in [0.2, 0.25) is 0 Å². The van der Waals surface area contributed by atoms with Gasteiger partial charge >= 0.3 is 0 Å². The van der Waals surface area contributed by atoms with Gasteiger partial charge in [0.2, 0.25) is 5.91 Å². The van der Waals surface area contributed by atoms with Gasteiger partial charge in [-0.3, -0.25) is 4.79 Å². The highest BCUT2D eigenvalue weighted by Gasteiger charge is 2.18. The van der Waals surface area contributed by atoms with E-state index in [9.17, 15) is 4.79 Å². The molecule has 19 heavy (non-hydrogen) atoms. The predicted octanol–water partition coefficient (Wildman–Crippen LogP) is 2.21. The summed E-state index contributed by atoms with van der Waals surface area (Å²) in [5, 5.41) is 0.784. The molecule has 0 saturated carbocycles. The van der Waals surface area contributed by atoms with E-state index in [-0.39, 0.29) is 5.91 Å². The van der Waals surface area contributed by atoms with Crippen molar-refractivity contribution >= 4 is 39.2 Å². The summed E-state index contributed by atoms with van der Waals surface area (Å²) in [4.78, 5) is 22.6. The lowest BCUT2D eigenvalue weighted by atomic mass is 10.4. The first kappa shape index (κ1) is 12.9. The number of carbonyl (C=O) groups is 1. The molecule has 1 amide bonds. The molecule has 5 nitrogen and oxygen atoms in total. The molecule has 100 valence electrons. The maximum atomic E-state index is 12.0. The van der Waals surface area contributed by atoms with E-state index in [0.29, 0.717) is 5.75 Å². The first-order valence-electron chi connectivity index (χ1n) is 6.14. The van der Waals surface area contributed by atoms with Gasteiger partial charge in [0.1, 0.15) is 9.63 Å². The Labute approximate surface area is 123 Å². The van der Waals surface area contributed by atoms with Crippen molar-refractivity contribution in [3.8, 4) is 0 Å². The lowest BCUT2D eigenvalue weighted by Crippen LogP contribution is -2.29. The van der Waals surface area contributed by atoms with Gasteiger partial charge in [0.05, 0.1) is 5.75 Å². The topological polar surface area (TPSA) is 50.5 Å². The number of likely N-dealkylation sites (tertiary alicyclic amines) is 1. The van der Waals surface area contributed by atoms with Crippen LogP contribution < -0.4 is 0 Å². The molecule has 1 aliphatic heterocycles. The summed E-state index contributed by atoms with van der Waals surface area (Å²) in [5.74, 6) is 0.611. The van der Waals surface area contributed by atoms with Crippen LogP contribution in [0.15, 0.2) is 28.2 Å². The van der Waals surface area contributed by atoms with E-state index in [1.807, 2.05) is 21.7 Å². The molecule has 0 unspecified atom stereocenters. The van der Waals surface area contributed by atoms with Crippen LogP contribution in [-0.2, 0) is 4.79 Å². The van der Waals surface area contributed by atoms with Crippen molar-refractivity contribution in [2.75, 3.05) is 18.8 Å². The number of rotatable bonds is 3. The van der Waals surface area contributed by atoms with Crippen molar-refractivity contribution in [2.24, 2.45) is 0 Å². The van der Waals surface area contributed by atoms with E-state index in [1.54, 1.807) is 6.20 Å². The minimum Gasteiger partial charge on any atom is -0.342 e. The van der Waals surface area contributed by atoms with Crippen molar-refractivity contribution in [3.63, 3.8) is 0 Å². The van der Waals surface area contributed by atoms with Crippen LogP contribution in [0.25, 0.3) is 5.65 Å². The largest absolute Gasteiger partial charge is 0.342 e. The second kappa shape index (κ2) is 5.50. The lowest BCUT2D eigenvalue weighted by Gasteiger charge is -2.14. The summed E-state index contributed by atoms with van der Waals surface area (Å²) >= 11 is 4.82. The fourth-order valence-corrected chi connectivity index (χ4v) is 3.57. The number of fused-ring (bicyclic) bond motifs is 1. The number of carbonyl (C=O) groups excluding carboxylic acids is 1.